The summed E-state index contributed by atoms with van der Waals surface area (Å²) in [7, 11) is 0. The summed E-state index contributed by atoms with van der Waals surface area (Å²) in [4.78, 5) is 12.3. The largest absolute Gasteiger partial charge is 0.492 e. The van der Waals surface area contributed by atoms with E-state index in [-0.39, 0.29) is 5.91 Å². The van der Waals surface area contributed by atoms with Gasteiger partial charge in [0.1, 0.15) is 18.1 Å². The van der Waals surface area contributed by atoms with Gasteiger partial charge in [-0.25, -0.2) is 0 Å². The third-order valence-corrected chi connectivity index (χ3v) is 5.03. The topological polar surface area (TPSA) is 47.6 Å². The number of hydrogen-bond donors (Lipinski definition) is 1. The first-order valence-corrected chi connectivity index (χ1v) is 9.94. The molecule has 1 N–H and O–H groups in total. The van der Waals surface area contributed by atoms with Gasteiger partial charge in [0.15, 0.2) is 6.10 Å². The lowest BCUT2D eigenvalue weighted by atomic mass is 9.91. The van der Waals surface area contributed by atoms with Gasteiger partial charge in [0.25, 0.3) is 5.91 Å². The van der Waals surface area contributed by atoms with Gasteiger partial charge in [-0.05, 0) is 73.9 Å². The van der Waals surface area contributed by atoms with Crippen LogP contribution in [0.4, 0.5) is 0 Å². The minimum atomic E-state index is -0.526. The Hall–Kier alpha value is -2.49. The van der Waals surface area contributed by atoms with Crippen molar-refractivity contribution in [2.24, 2.45) is 0 Å². The van der Waals surface area contributed by atoms with E-state index in [1.807, 2.05) is 24.3 Å². The molecule has 1 aliphatic carbocycles. The Balaban J connectivity index is 1.44. The van der Waals surface area contributed by atoms with Crippen molar-refractivity contribution in [3.05, 3.63) is 59.2 Å². The molecule has 2 aromatic carbocycles. The highest BCUT2D eigenvalue weighted by Gasteiger charge is 2.19. The second-order valence-corrected chi connectivity index (χ2v) is 7.00. The molecule has 4 heteroatoms. The molecule has 0 bridgehead atoms. The molecular weight excluding hydrogens is 338 g/mol. The number of rotatable bonds is 8. The molecule has 4 nitrogen and oxygen atoms in total. The number of fused-ring (bicyclic) bond motifs is 1. The van der Waals surface area contributed by atoms with Crippen molar-refractivity contribution in [2.45, 2.75) is 52.1 Å². The molecule has 144 valence electrons. The van der Waals surface area contributed by atoms with Crippen molar-refractivity contribution in [2.75, 3.05) is 13.2 Å². The van der Waals surface area contributed by atoms with E-state index in [0.717, 1.165) is 30.8 Å². The number of carbonyl (C=O) groups is 1. The van der Waals surface area contributed by atoms with Gasteiger partial charge in [0, 0.05) is 0 Å². The van der Waals surface area contributed by atoms with E-state index < -0.39 is 6.10 Å². The summed E-state index contributed by atoms with van der Waals surface area (Å²) < 4.78 is 11.6. The fourth-order valence-corrected chi connectivity index (χ4v) is 3.41. The van der Waals surface area contributed by atoms with Gasteiger partial charge >= 0.3 is 0 Å². The first kappa shape index (κ1) is 19.3. The summed E-state index contributed by atoms with van der Waals surface area (Å²) in [5.74, 6) is 1.55. The van der Waals surface area contributed by atoms with E-state index in [9.17, 15) is 4.79 Å². The lowest BCUT2D eigenvalue weighted by Crippen LogP contribution is -2.38. The molecule has 0 aromatic heterocycles. The lowest BCUT2D eigenvalue weighted by molar-refractivity contribution is -0.127. The predicted octanol–water partition coefficient (Wildman–Crippen LogP) is 4.09. The standard InChI is InChI=1S/C23H29NO3/c1-3-18-11-13-20(14-12-18)26-16-15-24-23(25)17(2)27-22-10-6-8-19-7-4-5-9-21(19)22/h6,8,10-14,17H,3-5,7,9,15-16H2,1-2H3,(H,24,25)/t17-/m0/s1. The fourth-order valence-electron chi connectivity index (χ4n) is 3.41. The molecule has 0 fully saturated rings. The van der Waals surface area contributed by atoms with Crippen molar-refractivity contribution in [1.82, 2.24) is 5.32 Å². The summed E-state index contributed by atoms with van der Waals surface area (Å²) in [5.41, 5.74) is 3.90. The van der Waals surface area contributed by atoms with Crippen LogP contribution in [0.1, 0.15) is 43.4 Å². The van der Waals surface area contributed by atoms with Crippen molar-refractivity contribution in [3.8, 4) is 11.5 Å². The maximum absolute atomic E-state index is 12.3. The highest BCUT2D eigenvalue weighted by molar-refractivity contribution is 5.80. The van der Waals surface area contributed by atoms with Crippen molar-refractivity contribution < 1.29 is 14.3 Å². The minimum Gasteiger partial charge on any atom is -0.492 e. The van der Waals surface area contributed by atoms with Gasteiger partial charge in [-0.15, -0.1) is 0 Å². The number of benzene rings is 2. The monoisotopic (exact) mass is 367 g/mol. The summed E-state index contributed by atoms with van der Waals surface area (Å²) in [6.07, 6.45) is 5.04. The summed E-state index contributed by atoms with van der Waals surface area (Å²) in [6.45, 7) is 4.81. The van der Waals surface area contributed by atoms with Gasteiger partial charge in [0.05, 0.1) is 6.54 Å². The van der Waals surface area contributed by atoms with E-state index >= 15 is 0 Å². The molecule has 1 amide bonds. The van der Waals surface area contributed by atoms with E-state index in [4.69, 9.17) is 9.47 Å². The molecule has 1 atom stereocenters. The van der Waals surface area contributed by atoms with Crippen LogP contribution in [-0.2, 0) is 24.1 Å². The van der Waals surface area contributed by atoms with E-state index in [0.29, 0.717) is 13.2 Å². The summed E-state index contributed by atoms with van der Waals surface area (Å²) in [5, 5.41) is 2.89. The third-order valence-electron chi connectivity index (χ3n) is 5.03. The number of nitrogens with one attached hydrogen (secondary N) is 1. The lowest BCUT2D eigenvalue weighted by Gasteiger charge is -2.22. The minimum absolute atomic E-state index is 0.117. The Bertz CT molecular complexity index is 755. The first-order valence-electron chi connectivity index (χ1n) is 9.94. The van der Waals surface area contributed by atoms with E-state index in [1.165, 1.54) is 29.5 Å². The molecule has 3 rings (SSSR count). The van der Waals surface area contributed by atoms with Crippen LogP contribution in [-0.4, -0.2) is 25.2 Å². The van der Waals surface area contributed by atoms with E-state index in [2.05, 4.69) is 30.4 Å². The normalized spacial score (nSPS) is 14.1. The Morgan fingerprint density at radius 3 is 2.67 bits per heavy atom. The molecule has 0 saturated carbocycles. The second-order valence-electron chi connectivity index (χ2n) is 7.00. The number of hydrogen-bond acceptors (Lipinski definition) is 3. The smallest absolute Gasteiger partial charge is 0.260 e. The molecule has 1 aliphatic rings. The number of aryl methyl sites for hydroxylation is 2. The van der Waals surface area contributed by atoms with Crippen LogP contribution in [0.2, 0.25) is 0 Å². The number of ether oxygens (including phenoxy) is 2. The SMILES string of the molecule is CCc1ccc(OCCNC(=O)[C@H](C)Oc2cccc3c2CCCC3)cc1. The molecule has 0 unspecified atom stereocenters. The van der Waals surface area contributed by atoms with Crippen LogP contribution in [0.25, 0.3) is 0 Å². The Morgan fingerprint density at radius 2 is 1.89 bits per heavy atom. The van der Waals surface area contributed by atoms with Gasteiger partial charge in [0.2, 0.25) is 0 Å². The van der Waals surface area contributed by atoms with Gasteiger partial charge in [-0.3, -0.25) is 4.79 Å². The molecule has 0 heterocycles. The highest BCUT2D eigenvalue weighted by Crippen LogP contribution is 2.30. The molecule has 0 aliphatic heterocycles. The predicted molar refractivity (Wildman–Crippen MR) is 107 cm³/mol. The maximum atomic E-state index is 12.3. The molecule has 0 spiro atoms. The molecular formula is C23H29NO3. The van der Waals surface area contributed by atoms with Crippen LogP contribution in [0, 0.1) is 0 Å². The van der Waals surface area contributed by atoms with Crippen LogP contribution in [0.15, 0.2) is 42.5 Å². The average Bonchev–Trinajstić information content (AvgIpc) is 2.71. The quantitative estimate of drug-likeness (QED) is 0.715. The molecule has 27 heavy (non-hydrogen) atoms. The van der Waals surface area contributed by atoms with Gasteiger partial charge in [-0.1, -0.05) is 31.2 Å². The number of carbonyl (C=O) groups excluding carboxylic acids is 1. The van der Waals surface area contributed by atoms with Gasteiger partial charge < -0.3 is 14.8 Å². The van der Waals surface area contributed by atoms with Crippen molar-refractivity contribution >= 4 is 5.91 Å². The van der Waals surface area contributed by atoms with Crippen LogP contribution >= 0.6 is 0 Å². The van der Waals surface area contributed by atoms with E-state index in [1.54, 1.807) is 6.92 Å². The van der Waals surface area contributed by atoms with Crippen LogP contribution in [0.5, 0.6) is 11.5 Å². The first-order chi connectivity index (χ1) is 13.2. The zero-order chi connectivity index (χ0) is 19.1. The van der Waals surface area contributed by atoms with Gasteiger partial charge in [-0.2, -0.15) is 0 Å². The maximum Gasteiger partial charge on any atom is 0.260 e. The van der Waals surface area contributed by atoms with Crippen molar-refractivity contribution in [3.63, 3.8) is 0 Å². The Kier molecular flexibility index (Phi) is 6.74. The molecule has 2 aromatic rings. The third kappa shape index (κ3) is 5.25. The number of amides is 1. The Labute approximate surface area is 161 Å². The Morgan fingerprint density at radius 1 is 1.11 bits per heavy atom. The van der Waals surface area contributed by atoms with Crippen LogP contribution in [0.3, 0.4) is 0 Å². The summed E-state index contributed by atoms with van der Waals surface area (Å²) >= 11 is 0. The zero-order valence-corrected chi connectivity index (χ0v) is 16.3. The molecule has 0 radical (unpaired) electrons. The highest BCUT2D eigenvalue weighted by atomic mass is 16.5. The fraction of sp³-hybridized carbons (Fsp3) is 0.435. The summed E-state index contributed by atoms with van der Waals surface area (Å²) in [6, 6.07) is 14.2. The zero-order valence-electron chi connectivity index (χ0n) is 16.3. The van der Waals surface area contributed by atoms with Crippen molar-refractivity contribution in [1.29, 1.82) is 0 Å². The molecule has 0 saturated heterocycles. The van der Waals surface area contributed by atoms with Crippen LogP contribution < -0.4 is 14.8 Å². The average molecular weight is 367 g/mol. The second kappa shape index (κ2) is 9.45.